The van der Waals surface area contributed by atoms with Gasteiger partial charge in [0.1, 0.15) is 15.9 Å². The van der Waals surface area contributed by atoms with Crippen LogP contribution in [0.4, 0.5) is 0 Å². The number of nitrogens with one attached hydrogen (secondary N) is 2. The Balaban J connectivity index is 2.46. The number of amides is 1. The van der Waals surface area contributed by atoms with Gasteiger partial charge in [-0.2, -0.15) is 0 Å². The molecule has 1 rings (SSSR count). The van der Waals surface area contributed by atoms with E-state index < -0.39 is 9.84 Å². The molecule has 0 aromatic carbocycles. The first-order valence-corrected chi connectivity index (χ1v) is 7.84. The second kappa shape index (κ2) is 6.32. The lowest BCUT2D eigenvalue weighted by molar-refractivity contribution is -0.126. The first-order chi connectivity index (χ1) is 7.94. The third-order valence-electron chi connectivity index (χ3n) is 2.86. The number of carbonyl (C=O) groups is 1. The third-order valence-corrected chi connectivity index (χ3v) is 3.89. The Morgan fingerprint density at radius 1 is 1.53 bits per heavy atom. The summed E-state index contributed by atoms with van der Waals surface area (Å²) in [7, 11) is -1.29. The Bertz CT molecular complexity index is 356. The number of likely N-dealkylation sites (N-methyl/N-ethyl adjacent to an activating group) is 1. The molecular weight excluding hydrogens is 242 g/mol. The first kappa shape index (κ1) is 14.4. The van der Waals surface area contributed by atoms with Gasteiger partial charge in [0.05, 0.1) is 5.75 Å². The number of carbonyl (C=O) groups excluding carboxylic acids is 1. The zero-order valence-electron chi connectivity index (χ0n) is 10.4. The van der Waals surface area contributed by atoms with E-state index in [1.807, 2.05) is 4.90 Å². The normalized spacial score (nSPS) is 22.4. The van der Waals surface area contributed by atoms with Gasteiger partial charge in [0.2, 0.25) is 5.91 Å². The van der Waals surface area contributed by atoms with Crippen LogP contribution in [0.5, 0.6) is 0 Å². The number of hydrogen-bond donors (Lipinski definition) is 2. The monoisotopic (exact) mass is 263 g/mol. The van der Waals surface area contributed by atoms with Crippen molar-refractivity contribution in [2.75, 3.05) is 45.2 Å². The molecule has 2 N–H and O–H groups in total. The lowest BCUT2D eigenvalue weighted by Crippen LogP contribution is -2.57. The van der Waals surface area contributed by atoms with Gasteiger partial charge in [-0.3, -0.25) is 9.69 Å². The van der Waals surface area contributed by atoms with Crippen LogP contribution in [-0.2, 0) is 14.6 Å². The third kappa shape index (κ3) is 5.01. The molecule has 0 aromatic rings. The van der Waals surface area contributed by atoms with Crippen LogP contribution in [0.3, 0.4) is 0 Å². The van der Waals surface area contributed by atoms with Crippen molar-refractivity contribution < 1.29 is 13.2 Å². The molecule has 1 amide bonds. The van der Waals surface area contributed by atoms with Crippen LogP contribution in [0, 0.1) is 0 Å². The van der Waals surface area contributed by atoms with E-state index in [1.54, 1.807) is 7.05 Å². The van der Waals surface area contributed by atoms with Gasteiger partial charge >= 0.3 is 0 Å². The average Bonchev–Trinajstić information content (AvgIpc) is 2.27. The van der Waals surface area contributed by atoms with E-state index >= 15 is 0 Å². The minimum Gasteiger partial charge on any atom is -0.358 e. The van der Waals surface area contributed by atoms with Gasteiger partial charge in [-0.15, -0.1) is 0 Å². The highest BCUT2D eigenvalue weighted by molar-refractivity contribution is 7.90. The maximum atomic E-state index is 11.6. The number of sulfone groups is 1. The van der Waals surface area contributed by atoms with Gasteiger partial charge in [0.25, 0.3) is 0 Å². The molecule has 7 heteroatoms. The highest BCUT2D eigenvalue weighted by atomic mass is 32.2. The van der Waals surface area contributed by atoms with Crippen LogP contribution in [0.15, 0.2) is 0 Å². The predicted molar refractivity (Wildman–Crippen MR) is 66.6 cm³/mol. The van der Waals surface area contributed by atoms with E-state index in [-0.39, 0.29) is 17.7 Å². The minimum absolute atomic E-state index is 0.0171. The molecule has 0 bridgehead atoms. The Kier molecular flexibility index (Phi) is 5.35. The SMILES string of the molecule is CNC(=O)C1CNCCN1CCCS(C)(=O)=O. The Labute approximate surface area is 103 Å². The molecule has 6 nitrogen and oxygen atoms in total. The molecule has 1 atom stereocenters. The van der Waals surface area contributed by atoms with Gasteiger partial charge in [-0.05, 0) is 13.0 Å². The van der Waals surface area contributed by atoms with Gasteiger partial charge < -0.3 is 10.6 Å². The van der Waals surface area contributed by atoms with E-state index in [9.17, 15) is 13.2 Å². The zero-order chi connectivity index (χ0) is 12.9. The van der Waals surface area contributed by atoms with Crippen molar-refractivity contribution in [1.82, 2.24) is 15.5 Å². The Hall–Kier alpha value is -0.660. The summed E-state index contributed by atoms with van der Waals surface area (Å²) >= 11 is 0. The standard InChI is InChI=1S/C10H21N3O3S/c1-11-10(14)9-8-12-4-6-13(9)5-3-7-17(2,15)16/h9,12H,3-8H2,1-2H3,(H,11,14). The highest BCUT2D eigenvalue weighted by Gasteiger charge is 2.27. The van der Waals surface area contributed by atoms with E-state index in [1.165, 1.54) is 6.26 Å². The van der Waals surface area contributed by atoms with Crippen LogP contribution >= 0.6 is 0 Å². The Morgan fingerprint density at radius 2 is 2.24 bits per heavy atom. The highest BCUT2D eigenvalue weighted by Crippen LogP contribution is 2.05. The van der Waals surface area contributed by atoms with Crippen molar-refractivity contribution in [3.05, 3.63) is 0 Å². The van der Waals surface area contributed by atoms with Gasteiger partial charge in [-0.25, -0.2) is 8.42 Å². The molecule has 1 heterocycles. The minimum atomic E-state index is -2.91. The van der Waals surface area contributed by atoms with Crippen molar-refractivity contribution >= 4 is 15.7 Å². The molecule has 1 unspecified atom stereocenters. The fourth-order valence-corrected chi connectivity index (χ4v) is 2.62. The fraction of sp³-hybridized carbons (Fsp3) is 0.900. The molecule has 0 aliphatic carbocycles. The van der Waals surface area contributed by atoms with E-state index in [0.717, 1.165) is 13.1 Å². The fourth-order valence-electron chi connectivity index (χ4n) is 1.97. The van der Waals surface area contributed by atoms with Gasteiger partial charge in [0.15, 0.2) is 0 Å². The molecule has 1 aliphatic heterocycles. The first-order valence-electron chi connectivity index (χ1n) is 5.78. The van der Waals surface area contributed by atoms with Crippen LogP contribution < -0.4 is 10.6 Å². The lowest BCUT2D eigenvalue weighted by atomic mass is 10.1. The molecule has 0 saturated carbocycles. The maximum Gasteiger partial charge on any atom is 0.238 e. The van der Waals surface area contributed by atoms with Gasteiger partial charge in [0, 0.05) is 32.9 Å². The zero-order valence-corrected chi connectivity index (χ0v) is 11.2. The smallest absolute Gasteiger partial charge is 0.238 e. The number of hydrogen-bond acceptors (Lipinski definition) is 5. The molecule has 1 saturated heterocycles. The van der Waals surface area contributed by atoms with Crippen molar-refractivity contribution in [2.24, 2.45) is 0 Å². The van der Waals surface area contributed by atoms with E-state index in [4.69, 9.17) is 0 Å². The molecule has 100 valence electrons. The van der Waals surface area contributed by atoms with Crippen molar-refractivity contribution in [3.63, 3.8) is 0 Å². The van der Waals surface area contributed by atoms with E-state index in [2.05, 4.69) is 10.6 Å². The van der Waals surface area contributed by atoms with Crippen molar-refractivity contribution in [1.29, 1.82) is 0 Å². The van der Waals surface area contributed by atoms with Crippen LogP contribution in [-0.4, -0.2) is 70.5 Å². The van der Waals surface area contributed by atoms with Gasteiger partial charge in [-0.1, -0.05) is 0 Å². The summed E-state index contributed by atoms with van der Waals surface area (Å²) in [6.07, 6.45) is 1.81. The number of nitrogens with zero attached hydrogens (tertiary/aromatic N) is 1. The summed E-state index contributed by atoms with van der Waals surface area (Å²) in [6, 6.07) is -0.187. The summed E-state index contributed by atoms with van der Waals surface area (Å²) in [4.78, 5) is 13.7. The largest absolute Gasteiger partial charge is 0.358 e. The molecule has 17 heavy (non-hydrogen) atoms. The topological polar surface area (TPSA) is 78.5 Å². The quantitative estimate of drug-likeness (QED) is 0.627. The molecule has 0 aromatic heterocycles. The lowest BCUT2D eigenvalue weighted by Gasteiger charge is -2.34. The summed E-state index contributed by atoms with van der Waals surface area (Å²) in [5.41, 5.74) is 0. The summed E-state index contributed by atoms with van der Waals surface area (Å²) in [6.45, 7) is 2.89. The second-order valence-corrected chi connectivity index (χ2v) is 6.61. The second-order valence-electron chi connectivity index (χ2n) is 4.35. The molecule has 1 aliphatic rings. The molecular formula is C10H21N3O3S. The average molecular weight is 263 g/mol. The molecule has 0 radical (unpaired) electrons. The molecule has 0 spiro atoms. The predicted octanol–water partition coefficient (Wildman–Crippen LogP) is -1.56. The van der Waals surface area contributed by atoms with Crippen molar-refractivity contribution in [2.45, 2.75) is 12.5 Å². The Morgan fingerprint density at radius 3 is 2.82 bits per heavy atom. The summed E-state index contributed by atoms with van der Waals surface area (Å²) < 4.78 is 22.1. The number of rotatable bonds is 5. The molecule has 1 fully saturated rings. The van der Waals surface area contributed by atoms with Crippen LogP contribution in [0.2, 0.25) is 0 Å². The van der Waals surface area contributed by atoms with E-state index in [0.29, 0.717) is 19.5 Å². The maximum absolute atomic E-state index is 11.6. The summed E-state index contributed by atoms with van der Waals surface area (Å²) in [5.74, 6) is 0.161. The van der Waals surface area contributed by atoms with Crippen LogP contribution in [0.25, 0.3) is 0 Å². The number of piperazine rings is 1. The van der Waals surface area contributed by atoms with Crippen molar-refractivity contribution in [3.8, 4) is 0 Å². The summed E-state index contributed by atoms with van der Waals surface area (Å²) in [5, 5.41) is 5.80. The van der Waals surface area contributed by atoms with Crippen LogP contribution in [0.1, 0.15) is 6.42 Å².